The van der Waals surface area contributed by atoms with Crippen LogP contribution in [0.2, 0.25) is 0 Å². The zero-order valence-corrected chi connectivity index (χ0v) is 8.51. The summed E-state index contributed by atoms with van der Waals surface area (Å²) in [5, 5.41) is 8.66. The Kier molecular flexibility index (Phi) is 4.50. The van der Waals surface area contributed by atoms with Gasteiger partial charge in [-0.1, -0.05) is 6.92 Å². The minimum Gasteiger partial charge on any atom is -0.481 e. The number of aliphatic carboxylic acids is 1. The molecule has 2 atom stereocenters. The third-order valence-corrected chi connectivity index (χ3v) is 3.66. The molecule has 12 heavy (non-hydrogen) atoms. The molecule has 0 aliphatic heterocycles. The van der Waals surface area contributed by atoms with E-state index in [9.17, 15) is 9.36 Å². The molecule has 0 heterocycles. The van der Waals surface area contributed by atoms with E-state index in [0.29, 0.717) is 6.42 Å². The summed E-state index contributed by atoms with van der Waals surface area (Å²) in [4.78, 5) is 10.5. The van der Waals surface area contributed by atoms with E-state index in [1.165, 1.54) is 13.8 Å². The number of hydrogen-bond donors (Lipinski definition) is 1. The van der Waals surface area contributed by atoms with E-state index in [0.717, 1.165) is 0 Å². The van der Waals surface area contributed by atoms with Crippen LogP contribution in [0.4, 0.5) is 0 Å². The molecule has 0 saturated carbocycles. The largest absolute Gasteiger partial charge is 0.481 e. The molecule has 0 rings (SSSR count). The lowest BCUT2D eigenvalue weighted by atomic mass is 10.1. The summed E-state index contributed by atoms with van der Waals surface area (Å²) in [5.74, 6) is -1.46. The highest BCUT2D eigenvalue weighted by molar-refractivity contribution is 7.58. The van der Waals surface area contributed by atoms with E-state index in [1.54, 1.807) is 6.92 Å². The summed E-state index contributed by atoms with van der Waals surface area (Å²) in [6.07, 6.45) is 0.603. The zero-order chi connectivity index (χ0) is 9.78. The molecule has 0 amide bonds. The first kappa shape index (κ1) is 11.7. The van der Waals surface area contributed by atoms with Crippen molar-refractivity contribution < 1.29 is 19.0 Å². The van der Waals surface area contributed by atoms with Crippen molar-refractivity contribution in [3.05, 3.63) is 0 Å². The number of carboxylic acid groups (broad SMARTS) is 1. The van der Waals surface area contributed by atoms with Gasteiger partial charge >= 0.3 is 5.97 Å². The first-order valence-electron chi connectivity index (χ1n) is 3.78. The topological polar surface area (TPSA) is 63.6 Å². The Morgan fingerprint density at radius 1 is 1.67 bits per heavy atom. The highest BCUT2D eigenvalue weighted by Crippen LogP contribution is 2.43. The molecule has 0 saturated heterocycles. The molecule has 5 heteroatoms. The molecule has 2 unspecified atom stereocenters. The van der Waals surface area contributed by atoms with Gasteiger partial charge in [0.15, 0.2) is 0 Å². The third kappa shape index (κ3) is 3.88. The molecule has 0 aromatic carbocycles. The number of rotatable bonds is 5. The highest BCUT2D eigenvalue weighted by atomic mass is 31.2. The fourth-order valence-electron chi connectivity index (χ4n) is 0.857. The summed E-state index contributed by atoms with van der Waals surface area (Å²) in [6, 6.07) is 0. The van der Waals surface area contributed by atoms with Crippen molar-refractivity contribution in [2.24, 2.45) is 5.92 Å². The summed E-state index contributed by atoms with van der Waals surface area (Å²) in [7, 11) is -1.34. The van der Waals surface area contributed by atoms with Crippen LogP contribution >= 0.6 is 7.37 Å². The van der Waals surface area contributed by atoms with Crippen LogP contribution in [0.3, 0.4) is 0 Å². The normalized spacial score (nSPS) is 18.2. The number of hydrogen-bond acceptors (Lipinski definition) is 3. The molecule has 72 valence electrons. The highest BCUT2D eigenvalue weighted by Gasteiger charge is 2.24. The molecular weight excluding hydrogens is 179 g/mol. The van der Waals surface area contributed by atoms with Gasteiger partial charge in [-0.3, -0.25) is 9.36 Å². The van der Waals surface area contributed by atoms with E-state index in [4.69, 9.17) is 9.63 Å². The first-order valence-corrected chi connectivity index (χ1v) is 6.03. The van der Waals surface area contributed by atoms with Gasteiger partial charge < -0.3 is 9.63 Å². The number of carbonyl (C=O) groups is 1. The second-order valence-electron chi connectivity index (χ2n) is 2.82. The molecule has 0 fully saturated rings. The van der Waals surface area contributed by atoms with Crippen molar-refractivity contribution in [3.63, 3.8) is 0 Å². The van der Waals surface area contributed by atoms with Crippen LogP contribution in [0, 0.1) is 5.92 Å². The third-order valence-electron chi connectivity index (χ3n) is 1.78. The van der Waals surface area contributed by atoms with Crippen LogP contribution in [0.1, 0.15) is 13.3 Å². The Balaban J connectivity index is 4.21. The van der Waals surface area contributed by atoms with Crippen LogP contribution in [-0.2, 0) is 13.9 Å². The molecular formula is C7H15O4P. The molecule has 1 N–H and O–H groups in total. The average molecular weight is 194 g/mol. The van der Waals surface area contributed by atoms with Gasteiger partial charge in [0, 0.05) is 19.9 Å². The van der Waals surface area contributed by atoms with Crippen molar-refractivity contribution in [1.29, 1.82) is 0 Å². The zero-order valence-electron chi connectivity index (χ0n) is 7.61. The van der Waals surface area contributed by atoms with Crippen LogP contribution in [-0.4, -0.2) is 31.0 Å². The lowest BCUT2D eigenvalue weighted by Crippen LogP contribution is -2.17. The van der Waals surface area contributed by atoms with Crippen LogP contribution in [0.25, 0.3) is 0 Å². The lowest BCUT2D eigenvalue weighted by Gasteiger charge is -2.14. The molecule has 0 bridgehead atoms. The quantitative estimate of drug-likeness (QED) is 0.676. The summed E-state index contributed by atoms with van der Waals surface area (Å²) < 4.78 is 16.1. The second kappa shape index (κ2) is 4.63. The summed E-state index contributed by atoms with van der Waals surface area (Å²) in [6.45, 7) is 3.22. The molecule has 0 spiro atoms. The van der Waals surface area contributed by atoms with E-state index < -0.39 is 19.3 Å². The van der Waals surface area contributed by atoms with Crippen molar-refractivity contribution in [2.45, 2.75) is 13.3 Å². The predicted octanol–water partition coefficient (Wildman–Crippen LogP) is 1.65. The van der Waals surface area contributed by atoms with Crippen LogP contribution in [0.15, 0.2) is 0 Å². The van der Waals surface area contributed by atoms with Crippen molar-refractivity contribution in [2.75, 3.05) is 19.9 Å². The van der Waals surface area contributed by atoms with Gasteiger partial charge in [0.1, 0.15) is 0 Å². The van der Waals surface area contributed by atoms with E-state index in [1.807, 2.05) is 0 Å². The van der Waals surface area contributed by atoms with Crippen molar-refractivity contribution in [1.82, 2.24) is 0 Å². The Bertz CT molecular complexity index is 202. The fraction of sp³-hybridized carbons (Fsp3) is 0.857. The van der Waals surface area contributed by atoms with Gasteiger partial charge in [-0.2, -0.15) is 0 Å². The monoisotopic (exact) mass is 194 g/mol. The molecule has 0 aliphatic rings. The Labute approximate surface area is 72.4 Å². The summed E-state index contributed by atoms with van der Waals surface area (Å²) >= 11 is 0. The maximum absolute atomic E-state index is 11.4. The second-order valence-corrected chi connectivity index (χ2v) is 5.58. The fourth-order valence-corrected chi connectivity index (χ4v) is 2.22. The maximum atomic E-state index is 11.4. The molecule has 0 aromatic rings. The SMILES string of the molecule is CCC(CP(C)(=O)OC)C(=O)O. The molecule has 4 nitrogen and oxygen atoms in total. The minimum absolute atomic E-state index is 0.120. The molecule has 0 aromatic heterocycles. The van der Waals surface area contributed by atoms with E-state index in [2.05, 4.69) is 0 Å². The van der Waals surface area contributed by atoms with Gasteiger partial charge in [-0.25, -0.2) is 0 Å². The molecule has 0 aliphatic carbocycles. The maximum Gasteiger partial charge on any atom is 0.307 e. The lowest BCUT2D eigenvalue weighted by molar-refractivity contribution is -0.141. The van der Waals surface area contributed by atoms with E-state index in [-0.39, 0.29) is 6.16 Å². The Hall–Kier alpha value is -0.340. The van der Waals surface area contributed by atoms with Gasteiger partial charge in [0.2, 0.25) is 7.37 Å². The van der Waals surface area contributed by atoms with Crippen molar-refractivity contribution in [3.8, 4) is 0 Å². The van der Waals surface area contributed by atoms with Gasteiger partial charge in [0.05, 0.1) is 5.92 Å². The van der Waals surface area contributed by atoms with Crippen LogP contribution in [0.5, 0.6) is 0 Å². The first-order chi connectivity index (χ1) is 5.43. The standard InChI is InChI=1S/C7H15O4P/c1-4-6(7(8)9)5-12(3,10)11-2/h6H,4-5H2,1-3H3,(H,8,9). The van der Waals surface area contributed by atoms with Crippen LogP contribution < -0.4 is 0 Å². The minimum atomic E-state index is -2.68. The predicted molar refractivity (Wildman–Crippen MR) is 46.8 cm³/mol. The van der Waals surface area contributed by atoms with Gasteiger partial charge in [-0.15, -0.1) is 0 Å². The Morgan fingerprint density at radius 2 is 2.17 bits per heavy atom. The number of carboxylic acids is 1. The smallest absolute Gasteiger partial charge is 0.307 e. The van der Waals surface area contributed by atoms with Gasteiger partial charge in [-0.05, 0) is 6.42 Å². The molecule has 0 radical (unpaired) electrons. The van der Waals surface area contributed by atoms with Crippen molar-refractivity contribution >= 4 is 13.3 Å². The average Bonchev–Trinajstić information content (AvgIpc) is 2.00. The Morgan fingerprint density at radius 3 is 2.42 bits per heavy atom. The van der Waals surface area contributed by atoms with E-state index >= 15 is 0 Å². The van der Waals surface area contributed by atoms with Gasteiger partial charge in [0.25, 0.3) is 0 Å². The summed E-state index contributed by atoms with van der Waals surface area (Å²) in [5.41, 5.74) is 0.